The van der Waals surface area contributed by atoms with E-state index >= 15 is 0 Å². The van der Waals surface area contributed by atoms with E-state index in [2.05, 4.69) is 24.8 Å². The van der Waals surface area contributed by atoms with Gasteiger partial charge < -0.3 is 4.74 Å². The lowest BCUT2D eigenvalue weighted by molar-refractivity contribution is 0.0241. The van der Waals surface area contributed by atoms with E-state index in [4.69, 9.17) is 4.74 Å². The Bertz CT molecular complexity index is 431. The van der Waals surface area contributed by atoms with Crippen LogP contribution in [-0.2, 0) is 11.2 Å². The third kappa shape index (κ3) is 4.73. The smallest absolute Gasteiger partial charge is 0.123 e. The quantitative estimate of drug-likeness (QED) is 0.765. The fraction of sp³-hybridized carbons (Fsp3) is 0.529. The topological polar surface area (TPSA) is 12.5 Å². The number of nitrogens with zero attached hydrogens (tertiary/aromatic N) is 1. The summed E-state index contributed by atoms with van der Waals surface area (Å²) in [5.41, 5.74) is 2.55. The highest BCUT2D eigenvalue weighted by molar-refractivity contribution is 5.17. The van der Waals surface area contributed by atoms with Gasteiger partial charge in [0.1, 0.15) is 5.82 Å². The zero-order chi connectivity index (χ0) is 14.4. The molecule has 2 nitrogen and oxygen atoms in total. The molecule has 0 bridgehead atoms. The van der Waals surface area contributed by atoms with Crippen molar-refractivity contribution in [3.63, 3.8) is 0 Å². The normalized spacial score (nSPS) is 17.8. The summed E-state index contributed by atoms with van der Waals surface area (Å²) in [6, 6.07) is 7.30. The van der Waals surface area contributed by atoms with Crippen molar-refractivity contribution < 1.29 is 9.13 Å². The predicted molar refractivity (Wildman–Crippen MR) is 80.3 cm³/mol. The van der Waals surface area contributed by atoms with Gasteiger partial charge in [0.2, 0.25) is 0 Å². The number of rotatable bonds is 5. The highest BCUT2D eigenvalue weighted by Crippen LogP contribution is 2.15. The minimum absolute atomic E-state index is 0.164. The molecular weight excluding hydrogens is 253 g/mol. The molecule has 1 aliphatic heterocycles. The molecule has 1 aromatic carbocycles. The summed E-state index contributed by atoms with van der Waals surface area (Å²) in [5, 5.41) is 0. The zero-order valence-corrected chi connectivity index (χ0v) is 12.4. The van der Waals surface area contributed by atoms with Gasteiger partial charge in [0.05, 0.1) is 13.2 Å². The van der Waals surface area contributed by atoms with Crippen LogP contribution < -0.4 is 0 Å². The molecule has 1 heterocycles. The number of allylic oxidation sites excluding steroid dienone is 1. The third-order valence-corrected chi connectivity index (χ3v) is 3.68. The first kappa shape index (κ1) is 15.2. The van der Waals surface area contributed by atoms with Crippen molar-refractivity contribution in [3.8, 4) is 0 Å². The Balaban J connectivity index is 1.96. The van der Waals surface area contributed by atoms with E-state index < -0.39 is 0 Å². The highest BCUT2D eigenvalue weighted by atomic mass is 19.1. The lowest BCUT2D eigenvalue weighted by Crippen LogP contribution is -2.43. The predicted octanol–water partition coefficient (Wildman–Crippen LogP) is 3.43. The van der Waals surface area contributed by atoms with Gasteiger partial charge >= 0.3 is 0 Å². The van der Waals surface area contributed by atoms with E-state index in [9.17, 15) is 4.39 Å². The van der Waals surface area contributed by atoms with Gasteiger partial charge in [-0.1, -0.05) is 23.8 Å². The van der Waals surface area contributed by atoms with Crippen LogP contribution >= 0.6 is 0 Å². The molecule has 0 aromatic heterocycles. The van der Waals surface area contributed by atoms with Crippen LogP contribution in [0.25, 0.3) is 0 Å². The molecule has 0 aliphatic carbocycles. The molecule has 20 heavy (non-hydrogen) atoms. The molecule has 0 amide bonds. The second kappa shape index (κ2) is 7.55. The molecule has 1 aliphatic rings. The van der Waals surface area contributed by atoms with Gasteiger partial charge in [-0.2, -0.15) is 0 Å². The molecule has 0 saturated carbocycles. The summed E-state index contributed by atoms with van der Waals surface area (Å²) in [4.78, 5) is 2.49. The average Bonchev–Trinajstić information content (AvgIpc) is 2.46. The standard InChI is InChI=1S/C17H24FNO/c1-14(2)13-17(19-9-11-20-12-10-19)8-5-15-3-6-16(18)7-4-15/h3-4,6-7,13,17H,5,8-12H2,1-2H3. The van der Waals surface area contributed by atoms with Gasteiger partial charge in [-0.05, 0) is 44.4 Å². The lowest BCUT2D eigenvalue weighted by Gasteiger charge is -2.33. The summed E-state index contributed by atoms with van der Waals surface area (Å²) in [5.74, 6) is -0.164. The average molecular weight is 277 g/mol. The Morgan fingerprint density at radius 3 is 2.50 bits per heavy atom. The second-order valence-electron chi connectivity index (χ2n) is 5.62. The SMILES string of the molecule is CC(C)=CC(CCc1ccc(F)cc1)N1CCOCC1. The number of benzene rings is 1. The highest BCUT2D eigenvalue weighted by Gasteiger charge is 2.18. The van der Waals surface area contributed by atoms with Crippen molar-refractivity contribution in [3.05, 3.63) is 47.3 Å². The number of morpholine rings is 1. The molecule has 2 rings (SSSR count). The Hall–Kier alpha value is -1.19. The van der Waals surface area contributed by atoms with Gasteiger partial charge in [0.15, 0.2) is 0 Å². The summed E-state index contributed by atoms with van der Waals surface area (Å²) in [6.07, 6.45) is 4.39. The lowest BCUT2D eigenvalue weighted by atomic mass is 10.0. The molecule has 110 valence electrons. The number of hydrogen-bond acceptors (Lipinski definition) is 2. The Labute approximate surface area is 121 Å². The van der Waals surface area contributed by atoms with E-state index in [1.807, 2.05) is 12.1 Å². The van der Waals surface area contributed by atoms with Crippen LogP contribution in [0.3, 0.4) is 0 Å². The summed E-state index contributed by atoms with van der Waals surface area (Å²) >= 11 is 0. The van der Waals surface area contributed by atoms with Crippen molar-refractivity contribution in [1.29, 1.82) is 0 Å². The first-order chi connectivity index (χ1) is 9.65. The Morgan fingerprint density at radius 1 is 1.25 bits per heavy atom. The molecule has 0 radical (unpaired) electrons. The zero-order valence-electron chi connectivity index (χ0n) is 12.4. The van der Waals surface area contributed by atoms with Gasteiger partial charge in [0, 0.05) is 19.1 Å². The fourth-order valence-electron chi connectivity index (χ4n) is 2.63. The molecule has 1 unspecified atom stereocenters. The summed E-state index contributed by atoms with van der Waals surface area (Å²) < 4.78 is 18.3. The maximum absolute atomic E-state index is 12.9. The van der Waals surface area contributed by atoms with E-state index in [0.29, 0.717) is 6.04 Å². The van der Waals surface area contributed by atoms with Crippen LogP contribution in [0.2, 0.25) is 0 Å². The van der Waals surface area contributed by atoms with Crippen LogP contribution in [-0.4, -0.2) is 37.2 Å². The Kier molecular flexibility index (Phi) is 5.74. The Morgan fingerprint density at radius 2 is 1.90 bits per heavy atom. The largest absolute Gasteiger partial charge is 0.379 e. The van der Waals surface area contributed by atoms with Crippen molar-refractivity contribution in [2.45, 2.75) is 32.7 Å². The van der Waals surface area contributed by atoms with Crippen LogP contribution in [0.15, 0.2) is 35.9 Å². The molecule has 3 heteroatoms. The molecule has 0 spiro atoms. The molecule has 1 atom stereocenters. The molecular formula is C17H24FNO. The van der Waals surface area contributed by atoms with Gasteiger partial charge in [-0.25, -0.2) is 4.39 Å². The van der Waals surface area contributed by atoms with Crippen molar-refractivity contribution in [2.75, 3.05) is 26.3 Å². The molecule has 1 saturated heterocycles. The van der Waals surface area contributed by atoms with Crippen molar-refractivity contribution in [1.82, 2.24) is 4.90 Å². The maximum atomic E-state index is 12.9. The minimum atomic E-state index is -0.164. The number of aryl methyl sites for hydroxylation is 1. The number of hydrogen-bond donors (Lipinski definition) is 0. The summed E-state index contributed by atoms with van der Waals surface area (Å²) in [7, 11) is 0. The van der Waals surface area contributed by atoms with Gasteiger partial charge in [0.25, 0.3) is 0 Å². The number of ether oxygens (including phenoxy) is 1. The van der Waals surface area contributed by atoms with Crippen molar-refractivity contribution >= 4 is 0 Å². The second-order valence-corrected chi connectivity index (χ2v) is 5.62. The van der Waals surface area contributed by atoms with Crippen LogP contribution in [0.5, 0.6) is 0 Å². The van der Waals surface area contributed by atoms with E-state index in [1.165, 1.54) is 11.1 Å². The first-order valence-corrected chi connectivity index (χ1v) is 7.36. The molecule has 1 aromatic rings. The van der Waals surface area contributed by atoms with Crippen LogP contribution in [0, 0.1) is 5.82 Å². The number of halogens is 1. The van der Waals surface area contributed by atoms with Crippen molar-refractivity contribution in [2.24, 2.45) is 0 Å². The minimum Gasteiger partial charge on any atom is -0.379 e. The van der Waals surface area contributed by atoms with Gasteiger partial charge in [-0.15, -0.1) is 0 Å². The van der Waals surface area contributed by atoms with Gasteiger partial charge in [-0.3, -0.25) is 4.90 Å². The third-order valence-electron chi connectivity index (χ3n) is 3.68. The molecule has 0 N–H and O–H groups in total. The van der Waals surface area contributed by atoms with E-state index in [-0.39, 0.29) is 5.82 Å². The summed E-state index contributed by atoms with van der Waals surface area (Å²) in [6.45, 7) is 7.93. The van der Waals surface area contributed by atoms with Crippen LogP contribution in [0.4, 0.5) is 4.39 Å². The van der Waals surface area contributed by atoms with Crippen LogP contribution in [0.1, 0.15) is 25.8 Å². The fourth-order valence-corrected chi connectivity index (χ4v) is 2.63. The first-order valence-electron chi connectivity index (χ1n) is 7.36. The monoisotopic (exact) mass is 277 g/mol. The molecule has 1 fully saturated rings. The van der Waals surface area contributed by atoms with E-state index in [0.717, 1.165) is 39.1 Å². The van der Waals surface area contributed by atoms with E-state index in [1.54, 1.807) is 12.1 Å². The maximum Gasteiger partial charge on any atom is 0.123 e.